The van der Waals surface area contributed by atoms with Crippen LogP contribution >= 0.6 is 0 Å². The maximum absolute atomic E-state index is 11.7. The van der Waals surface area contributed by atoms with Crippen molar-refractivity contribution in [2.24, 2.45) is 29.1 Å². The van der Waals surface area contributed by atoms with Gasteiger partial charge < -0.3 is 15.0 Å². The Kier molecular flexibility index (Phi) is 5.26. The molecule has 7 rings (SSSR count). The number of piperidine rings is 1. The largest absolute Gasteiger partial charge is 0.481 e. The molecule has 0 radical (unpaired) electrons. The molecule has 1 aromatic heterocycles. The molecule has 4 bridgehead atoms. The van der Waals surface area contributed by atoms with E-state index >= 15 is 0 Å². The minimum atomic E-state index is -0.676. The lowest BCUT2D eigenvalue weighted by Gasteiger charge is -2.57. The fourth-order valence-electron chi connectivity index (χ4n) is 8.16. The van der Waals surface area contributed by atoms with Crippen molar-refractivity contribution < 1.29 is 9.90 Å². The standard InChI is InChI=1S/C28H37N3O2/c1-18-5-2-3-7-23(18)25-29-24(26(30-25)31-10-4-6-22(17-31)27(32)33)8-9-28-14-19-11-20(15-28)13-21(12-19)16-28/h2-3,5,7,19-22H,4,6,8-17H2,1H3,(H,29,30)(H,32,33). The SMILES string of the molecule is Cc1ccccc1-c1nc(N2CCCC(C(=O)O)C2)c(CCC23CC4CC(CC(C4)C2)C3)[nH]1. The molecule has 4 saturated carbocycles. The van der Waals surface area contributed by atoms with Crippen molar-refractivity contribution in [2.75, 3.05) is 18.0 Å². The molecular weight excluding hydrogens is 410 g/mol. The normalized spacial score (nSPS) is 32.9. The molecule has 2 heterocycles. The van der Waals surface area contributed by atoms with Crippen LogP contribution in [0.1, 0.15) is 69.0 Å². The second-order valence-electron chi connectivity index (χ2n) is 11.7. The summed E-state index contributed by atoms with van der Waals surface area (Å²) in [6.07, 6.45) is 12.7. The van der Waals surface area contributed by atoms with Crippen molar-refractivity contribution in [1.29, 1.82) is 0 Å². The quantitative estimate of drug-likeness (QED) is 0.584. The first-order chi connectivity index (χ1) is 16.0. The molecule has 5 nitrogen and oxygen atoms in total. The van der Waals surface area contributed by atoms with Gasteiger partial charge in [-0.05, 0) is 99.9 Å². The van der Waals surface area contributed by atoms with Crippen molar-refractivity contribution in [2.45, 2.75) is 71.1 Å². The highest BCUT2D eigenvalue weighted by Gasteiger charge is 2.50. The van der Waals surface area contributed by atoms with Gasteiger partial charge in [0.05, 0.1) is 11.6 Å². The highest BCUT2D eigenvalue weighted by molar-refractivity contribution is 5.71. The van der Waals surface area contributed by atoms with Crippen LogP contribution in [0.2, 0.25) is 0 Å². The molecule has 0 amide bonds. The van der Waals surface area contributed by atoms with Gasteiger partial charge in [-0.1, -0.05) is 24.3 Å². The molecule has 2 aromatic rings. The minimum absolute atomic E-state index is 0.298. The first-order valence-corrected chi connectivity index (χ1v) is 13.1. The predicted octanol–water partition coefficient (Wildman–Crippen LogP) is 5.84. The van der Waals surface area contributed by atoms with Gasteiger partial charge in [0.2, 0.25) is 0 Å². The number of hydrogen-bond acceptors (Lipinski definition) is 3. The molecule has 0 spiro atoms. The molecule has 1 aliphatic heterocycles. The van der Waals surface area contributed by atoms with Gasteiger partial charge in [-0.15, -0.1) is 0 Å². The number of carboxylic acid groups (broad SMARTS) is 1. The van der Waals surface area contributed by atoms with Gasteiger partial charge in [0.15, 0.2) is 5.82 Å². The van der Waals surface area contributed by atoms with Crippen LogP contribution in [0.25, 0.3) is 11.4 Å². The summed E-state index contributed by atoms with van der Waals surface area (Å²) in [5.74, 6) is 3.87. The first kappa shape index (κ1) is 21.2. The number of aryl methyl sites for hydroxylation is 2. The molecule has 5 fully saturated rings. The second kappa shape index (κ2) is 8.18. The number of rotatable bonds is 6. The van der Waals surface area contributed by atoms with E-state index in [-0.39, 0.29) is 5.92 Å². The summed E-state index contributed by atoms with van der Waals surface area (Å²) < 4.78 is 0. The van der Waals surface area contributed by atoms with Crippen LogP contribution in [-0.2, 0) is 11.2 Å². The predicted molar refractivity (Wildman–Crippen MR) is 130 cm³/mol. The summed E-state index contributed by atoms with van der Waals surface area (Å²) in [6, 6.07) is 8.41. The summed E-state index contributed by atoms with van der Waals surface area (Å²) in [5, 5.41) is 9.64. The van der Waals surface area contributed by atoms with E-state index in [0.29, 0.717) is 12.0 Å². The lowest BCUT2D eigenvalue weighted by molar-refractivity contribution is -0.141. The number of hydrogen-bond donors (Lipinski definition) is 2. The smallest absolute Gasteiger partial charge is 0.308 e. The molecule has 4 aliphatic carbocycles. The first-order valence-electron chi connectivity index (χ1n) is 13.1. The summed E-state index contributed by atoms with van der Waals surface area (Å²) in [6.45, 7) is 3.60. The number of carbonyl (C=O) groups is 1. The number of nitrogens with zero attached hydrogens (tertiary/aromatic N) is 2. The number of aromatic amines is 1. The summed E-state index contributed by atoms with van der Waals surface area (Å²) >= 11 is 0. The third kappa shape index (κ3) is 3.98. The summed E-state index contributed by atoms with van der Waals surface area (Å²) in [4.78, 5) is 22.8. The second-order valence-corrected chi connectivity index (χ2v) is 11.7. The van der Waals surface area contributed by atoms with Crippen LogP contribution in [0.5, 0.6) is 0 Å². The lowest BCUT2D eigenvalue weighted by Crippen LogP contribution is -2.46. The molecule has 5 aliphatic rings. The Morgan fingerprint density at radius 1 is 1.15 bits per heavy atom. The van der Waals surface area contributed by atoms with Gasteiger partial charge in [0.25, 0.3) is 0 Å². The maximum atomic E-state index is 11.7. The van der Waals surface area contributed by atoms with Crippen LogP contribution in [-0.4, -0.2) is 34.1 Å². The van der Waals surface area contributed by atoms with Crippen LogP contribution in [0.4, 0.5) is 5.82 Å². The zero-order chi connectivity index (χ0) is 22.6. The maximum Gasteiger partial charge on any atom is 0.308 e. The van der Waals surface area contributed by atoms with E-state index in [1.807, 2.05) is 0 Å². The molecule has 1 aromatic carbocycles. The Morgan fingerprint density at radius 2 is 1.85 bits per heavy atom. The van der Waals surface area contributed by atoms with E-state index in [4.69, 9.17) is 4.98 Å². The van der Waals surface area contributed by atoms with E-state index in [9.17, 15) is 9.90 Å². The molecule has 2 N–H and O–H groups in total. The van der Waals surface area contributed by atoms with Crippen LogP contribution in [0, 0.1) is 36.0 Å². The van der Waals surface area contributed by atoms with Gasteiger partial charge in [0.1, 0.15) is 5.82 Å². The number of carboxylic acids is 1. The third-order valence-corrected chi connectivity index (χ3v) is 9.30. The molecule has 33 heavy (non-hydrogen) atoms. The van der Waals surface area contributed by atoms with Gasteiger partial charge in [0, 0.05) is 18.7 Å². The molecule has 5 heteroatoms. The number of aliphatic carboxylic acids is 1. The molecule has 1 atom stereocenters. The van der Waals surface area contributed by atoms with Gasteiger partial charge in [-0.25, -0.2) is 4.98 Å². The van der Waals surface area contributed by atoms with E-state index in [1.165, 1.54) is 56.2 Å². The number of H-pyrrole nitrogens is 1. The zero-order valence-electron chi connectivity index (χ0n) is 19.9. The number of anilines is 1. The van der Waals surface area contributed by atoms with Gasteiger partial charge in [-0.3, -0.25) is 4.79 Å². The van der Waals surface area contributed by atoms with Crippen molar-refractivity contribution in [3.8, 4) is 11.4 Å². The minimum Gasteiger partial charge on any atom is -0.481 e. The topological polar surface area (TPSA) is 69.2 Å². The van der Waals surface area contributed by atoms with Crippen LogP contribution in [0.3, 0.4) is 0 Å². The monoisotopic (exact) mass is 447 g/mol. The van der Waals surface area contributed by atoms with Crippen LogP contribution < -0.4 is 4.90 Å². The number of benzene rings is 1. The lowest BCUT2D eigenvalue weighted by atomic mass is 9.48. The molecule has 176 valence electrons. The Morgan fingerprint density at radius 3 is 2.52 bits per heavy atom. The zero-order valence-corrected chi connectivity index (χ0v) is 19.9. The van der Waals surface area contributed by atoms with Crippen molar-refractivity contribution in [3.05, 3.63) is 35.5 Å². The van der Waals surface area contributed by atoms with Crippen LogP contribution in [0.15, 0.2) is 24.3 Å². The van der Waals surface area contributed by atoms with Crippen molar-refractivity contribution in [1.82, 2.24) is 9.97 Å². The summed E-state index contributed by atoms with van der Waals surface area (Å²) in [5.41, 5.74) is 4.11. The van der Waals surface area contributed by atoms with Gasteiger partial charge >= 0.3 is 5.97 Å². The summed E-state index contributed by atoms with van der Waals surface area (Å²) in [7, 11) is 0. The average molecular weight is 448 g/mol. The molecular formula is C28H37N3O2. The van der Waals surface area contributed by atoms with Crippen molar-refractivity contribution in [3.63, 3.8) is 0 Å². The Balaban J connectivity index is 1.29. The molecule has 1 saturated heterocycles. The Labute approximate surface area is 197 Å². The van der Waals surface area contributed by atoms with E-state index in [1.54, 1.807) is 0 Å². The molecule has 1 unspecified atom stereocenters. The number of aromatic nitrogens is 2. The Bertz CT molecular complexity index is 1010. The van der Waals surface area contributed by atoms with E-state index < -0.39 is 5.97 Å². The number of imidazole rings is 1. The number of nitrogens with one attached hydrogen (secondary N) is 1. The highest BCUT2D eigenvalue weighted by atomic mass is 16.4. The Hall–Kier alpha value is -2.30. The van der Waals surface area contributed by atoms with E-state index in [0.717, 1.165) is 60.8 Å². The van der Waals surface area contributed by atoms with E-state index in [2.05, 4.69) is 41.1 Å². The van der Waals surface area contributed by atoms with Crippen molar-refractivity contribution >= 4 is 11.8 Å². The fraction of sp³-hybridized carbons (Fsp3) is 0.643. The van der Waals surface area contributed by atoms with Gasteiger partial charge in [-0.2, -0.15) is 0 Å². The fourth-order valence-corrected chi connectivity index (χ4v) is 8.16. The highest BCUT2D eigenvalue weighted by Crippen LogP contribution is 2.61. The average Bonchev–Trinajstić information content (AvgIpc) is 3.21. The third-order valence-electron chi connectivity index (χ3n) is 9.30.